The molecule has 3 spiro atoms. The van der Waals surface area contributed by atoms with Crippen molar-refractivity contribution in [2.45, 2.75) is 334 Å². The van der Waals surface area contributed by atoms with E-state index in [1.807, 2.05) is 121 Å². The Morgan fingerprint density at radius 2 is 0.702 bits per heavy atom. The zero-order valence-electron chi connectivity index (χ0n) is 75.7. The molecule has 3 unspecified atom stereocenters. The van der Waals surface area contributed by atoms with Crippen molar-refractivity contribution in [1.82, 2.24) is 44.1 Å². The first-order chi connectivity index (χ1) is 58.4. The maximum atomic E-state index is 13.4. The van der Waals surface area contributed by atoms with Crippen molar-refractivity contribution in [3.05, 3.63) is 105 Å². The van der Waals surface area contributed by atoms with Gasteiger partial charge in [-0.15, -0.1) is 0 Å². The molecule has 0 bridgehead atoms. The van der Waals surface area contributed by atoms with E-state index < -0.39 is 22.7 Å². The highest BCUT2D eigenvalue weighted by atomic mass is 16.6. The van der Waals surface area contributed by atoms with Crippen LogP contribution in [-0.2, 0) is 19.0 Å². The number of nitrogens with zero attached hydrogens (tertiary/aromatic N) is 10. The average Bonchev–Trinajstić information content (AvgIpc) is 0.765. The number of rotatable bonds is 20. The molecule has 9 saturated heterocycles. The van der Waals surface area contributed by atoms with Gasteiger partial charge in [0.15, 0.2) is 0 Å². The molecule has 0 radical (unpaired) electrons. The Labute approximate surface area is 725 Å². The largest absolute Gasteiger partial charge is 0.442 e. The lowest BCUT2D eigenvalue weighted by atomic mass is 9.73. The Morgan fingerprint density at radius 1 is 0.397 bits per heavy atom. The predicted molar refractivity (Wildman–Crippen MR) is 474 cm³/mol. The van der Waals surface area contributed by atoms with Gasteiger partial charge in [-0.1, -0.05) is 172 Å². The number of carbonyl (C=O) groups is 7. The number of amides is 7. The number of hydrogen-bond donors (Lipinski definition) is 1. The maximum Gasteiger partial charge on any atom is 0.417 e. The number of aryl methyl sites for hydroxylation is 6. The van der Waals surface area contributed by atoms with Crippen LogP contribution in [0.25, 0.3) is 0 Å². The molecular formula is C100H150N10O11. The molecular weight excluding hydrogens is 1520 g/mol. The molecule has 7 amide bonds. The van der Waals surface area contributed by atoms with Crippen molar-refractivity contribution in [3.63, 3.8) is 0 Å². The van der Waals surface area contributed by atoms with Gasteiger partial charge in [-0.05, 0) is 171 Å². The third kappa shape index (κ3) is 21.4. The second-order valence-corrected chi connectivity index (χ2v) is 39.6. The minimum atomic E-state index is -0.755. The molecule has 9 aliphatic heterocycles. The van der Waals surface area contributed by atoms with E-state index in [1.54, 1.807) is 0 Å². The number of ether oxygens (including phenoxy) is 3. The Kier molecular flexibility index (Phi) is 31.3. The van der Waals surface area contributed by atoms with Crippen LogP contribution in [-0.4, -0.2) is 243 Å². The highest BCUT2D eigenvalue weighted by Crippen LogP contribution is 2.48. The van der Waals surface area contributed by atoms with Gasteiger partial charge in [0.2, 0.25) is 5.91 Å². The molecule has 3 atom stereocenters. The van der Waals surface area contributed by atoms with Crippen LogP contribution in [0.4, 0.5) is 14.4 Å². The van der Waals surface area contributed by atoms with Gasteiger partial charge in [-0.3, -0.25) is 33.9 Å². The molecule has 21 heteroatoms. The fourth-order valence-electron chi connectivity index (χ4n) is 24.0. The van der Waals surface area contributed by atoms with Crippen LogP contribution < -0.4 is 0 Å². The van der Waals surface area contributed by atoms with Crippen molar-refractivity contribution >= 4 is 41.9 Å². The molecule has 1 N–H and O–H groups in total. The van der Waals surface area contributed by atoms with Crippen LogP contribution in [0.1, 0.15) is 316 Å². The number of piperidine rings is 6. The number of unbranched alkanes of at least 4 members (excludes halogenated alkanes) is 3. The van der Waals surface area contributed by atoms with Crippen LogP contribution in [0.5, 0.6) is 0 Å². The Balaban J connectivity index is 0.000000157. The Bertz CT molecular complexity index is 3970. The standard InChI is InChI=1S/C34H50N4O3.C33H49N3O4.C33H51N3O4/c1-4-5-12-28-23-38(25-33(24-35)15-7-6-8-16-33)32(40)41-34(28)17-21-36(22-18-34)29-13-19-37(20-14-29)31(39)30-26(2)10-9-11-27(30)3;1-4-5-14-27-23-36(30(37)26-12-7-6-8-13-26)32(39)40-33(27)17-21-34(22-18-33)28-15-19-35(20-16-28)31(38)29-24(2)10-9-11-25(29)3;1-4-5-12-27-23-36(24-32(39)15-7-6-8-16-32)31(38)40-33(27)17-21-34(22-18-33)28-13-19-35(20-14-28)30(37)29-25(2)10-9-11-26(29)3/h9-11,28-29H,4-8,12-23,25H2,1-3H3;9-11,26-28H,4-8,12-23H2,1-3H3;9-11,27-28,39H,4-8,12-24H2,1-3H3. The van der Waals surface area contributed by atoms with Crippen LogP contribution in [0.2, 0.25) is 0 Å². The summed E-state index contributed by atoms with van der Waals surface area (Å²) in [5.41, 5.74) is 6.51. The molecule has 666 valence electrons. The topological polar surface area (TPSA) is 220 Å². The van der Waals surface area contributed by atoms with Gasteiger partial charge in [-0.2, -0.15) is 5.26 Å². The number of carbonyl (C=O) groups excluding carboxylic acids is 7. The zero-order chi connectivity index (χ0) is 85.6. The minimum absolute atomic E-state index is 0.000631. The molecule has 15 rings (SSSR count). The van der Waals surface area contributed by atoms with Crippen molar-refractivity contribution in [1.29, 1.82) is 5.26 Å². The zero-order valence-corrected chi connectivity index (χ0v) is 75.7. The molecule has 3 aromatic rings. The van der Waals surface area contributed by atoms with Gasteiger partial charge in [0.05, 0.1) is 23.6 Å². The number of β-amino-alcohol motifs (C(OH)–C–C–N with tert-alkyl or cyclic N) is 1. The van der Waals surface area contributed by atoms with Crippen molar-refractivity contribution in [3.8, 4) is 6.07 Å². The Hall–Kier alpha value is -7.12. The quantitative estimate of drug-likeness (QED) is 0.104. The number of imide groups is 1. The van der Waals surface area contributed by atoms with Crippen molar-refractivity contribution < 1.29 is 52.9 Å². The van der Waals surface area contributed by atoms with E-state index in [4.69, 9.17) is 14.2 Å². The maximum absolute atomic E-state index is 13.4. The summed E-state index contributed by atoms with van der Waals surface area (Å²) in [5.74, 6) is 1.32. The lowest BCUT2D eigenvalue weighted by Crippen LogP contribution is -2.62. The lowest BCUT2D eigenvalue weighted by molar-refractivity contribution is -0.153. The SMILES string of the molecule is CCCCC1CN(C(=O)C2CCCCC2)C(=O)OC12CCN(C1CCN(C(=O)c3c(C)cccc3C)CC1)CC2.CCCCC1CN(CC2(C#N)CCCCC2)C(=O)OC12CCN(C1CCN(C(=O)c3c(C)cccc3C)CC1)CC2.CCCCC1CN(CC2(O)CCCCC2)C(=O)OC12CCN(C1CCN(C(=O)c3c(C)cccc3C)CC1)CC2. The molecule has 0 aromatic heterocycles. The second kappa shape index (κ2) is 41.3. The van der Waals surface area contributed by atoms with Crippen molar-refractivity contribution in [2.24, 2.45) is 29.1 Å². The summed E-state index contributed by atoms with van der Waals surface area (Å²) in [6.45, 7) is 32.0. The monoisotopic (exact) mass is 1670 g/mol. The summed E-state index contributed by atoms with van der Waals surface area (Å²) in [4.78, 5) is 112. The van der Waals surface area contributed by atoms with Gasteiger partial charge in [0.1, 0.15) is 16.8 Å². The van der Waals surface area contributed by atoms with E-state index in [1.165, 1.54) is 24.2 Å². The van der Waals surface area contributed by atoms with E-state index in [0.29, 0.717) is 56.1 Å². The highest BCUT2D eigenvalue weighted by molar-refractivity contribution is 5.99. The van der Waals surface area contributed by atoms with Gasteiger partial charge in [-0.25, -0.2) is 19.3 Å². The molecule has 12 fully saturated rings. The first-order valence-corrected chi connectivity index (χ1v) is 48.3. The van der Waals surface area contributed by atoms with Crippen LogP contribution >= 0.6 is 0 Å². The van der Waals surface area contributed by atoms with Gasteiger partial charge in [0, 0.05) is 202 Å². The van der Waals surface area contributed by atoms with E-state index in [-0.39, 0.29) is 58.9 Å². The number of likely N-dealkylation sites (tertiary alicyclic amines) is 6. The van der Waals surface area contributed by atoms with Gasteiger partial charge >= 0.3 is 18.3 Å². The first kappa shape index (κ1) is 91.6. The summed E-state index contributed by atoms with van der Waals surface area (Å²) in [6.07, 6.45) is 35.2. The Morgan fingerprint density at radius 3 is 1.03 bits per heavy atom. The van der Waals surface area contributed by atoms with Crippen molar-refractivity contribution in [2.75, 3.05) is 111 Å². The summed E-state index contributed by atoms with van der Waals surface area (Å²) >= 11 is 0. The lowest BCUT2D eigenvalue weighted by Gasteiger charge is -2.53. The highest BCUT2D eigenvalue weighted by Gasteiger charge is 2.56. The molecule has 21 nitrogen and oxygen atoms in total. The molecule has 121 heavy (non-hydrogen) atoms. The number of aliphatic hydroxyl groups is 1. The molecule has 9 heterocycles. The predicted octanol–water partition coefficient (Wildman–Crippen LogP) is 18.3. The summed E-state index contributed by atoms with van der Waals surface area (Å²) in [6, 6.07) is 22.2. The van der Waals surface area contributed by atoms with Crippen LogP contribution in [0.3, 0.4) is 0 Å². The smallest absolute Gasteiger partial charge is 0.417 e. The number of nitriles is 1. The third-order valence-corrected chi connectivity index (χ3v) is 31.7. The molecule has 3 aromatic carbocycles. The normalized spacial score (nSPS) is 25.2. The fraction of sp³-hybridized carbons (Fsp3) is 0.740. The summed E-state index contributed by atoms with van der Waals surface area (Å²) in [5, 5.41) is 21.2. The fourth-order valence-corrected chi connectivity index (χ4v) is 24.0. The number of hydrogen-bond acceptors (Lipinski definition) is 15. The third-order valence-electron chi connectivity index (χ3n) is 31.7. The summed E-state index contributed by atoms with van der Waals surface area (Å²) < 4.78 is 19.1. The van der Waals surface area contributed by atoms with Gasteiger partial charge < -0.3 is 43.8 Å². The van der Waals surface area contributed by atoms with Crippen LogP contribution in [0.15, 0.2) is 54.6 Å². The molecule has 3 aliphatic carbocycles. The van der Waals surface area contributed by atoms with Gasteiger partial charge in [0.25, 0.3) is 17.7 Å². The second-order valence-electron chi connectivity index (χ2n) is 39.6. The number of benzene rings is 3. The van der Waals surface area contributed by atoms with E-state index >= 15 is 0 Å². The molecule has 12 aliphatic rings. The first-order valence-electron chi connectivity index (χ1n) is 48.3. The van der Waals surface area contributed by atoms with E-state index in [0.717, 1.165) is 347 Å². The van der Waals surface area contributed by atoms with Crippen LogP contribution in [0, 0.1) is 82.0 Å². The summed E-state index contributed by atoms with van der Waals surface area (Å²) in [7, 11) is 0. The van der Waals surface area contributed by atoms with E-state index in [2.05, 4.69) is 41.5 Å². The minimum Gasteiger partial charge on any atom is -0.442 e. The molecule has 3 saturated carbocycles. The van der Waals surface area contributed by atoms with E-state index in [9.17, 15) is 43.9 Å². The average molecular weight is 1670 g/mol.